The number of hydrogen-bond donors (Lipinski definition) is 0. The maximum absolute atomic E-state index is 5.26. The Hall–Kier alpha value is -0.0800. The SMILES string of the molecule is CC(C)OC1CCO1. The quantitative estimate of drug-likeness (QED) is 0.539. The standard InChI is InChI=1S/C6H12O2/c1-5(2)8-6-3-4-7-6/h5-6H,3-4H2,1-2H3. The lowest BCUT2D eigenvalue weighted by molar-refractivity contribution is -0.229. The number of ether oxygens (including phenoxy) is 2. The van der Waals surface area contributed by atoms with Crippen LogP contribution < -0.4 is 0 Å². The Bertz CT molecular complexity index is 66.9. The molecule has 0 amide bonds. The lowest BCUT2D eigenvalue weighted by Gasteiger charge is -2.27. The highest BCUT2D eigenvalue weighted by atomic mass is 16.7. The van der Waals surface area contributed by atoms with Crippen molar-refractivity contribution in [3.8, 4) is 0 Å². The average Bonchev–Trinajstić information content (AvgIpc) is 1.55. The Morgan fingerprint density at radius 1 is 1.62 bits per heavy atom. The monoisotopic (exact) mass is 116 g/mol. The van der Waals surface area contributed by atoms with E-state index >= 15 is 0 Å². The highest BCUT2D eigenvalue weighted by molar-refractivity contribution is 4.55. The van der Waals surface area contributed by atoms with Crippen molar-refractivity contribution in [3.05, 3.63) is 0 Å². The van der Waals surface area contributed by atoms with E-state index < -0.39 is 0 Å². The van der Waals surface area contributed by atoms with Crippen molar-refractivity contribution < 1.29 is 9.47 Å². The molecule has 1 heterocycles. The third-order valence-electron chi connectivity index (χ3n) is 1.08. The molecule has 1 fully saturated rings. The Labute approximate surface area is 49.8 Å². The molecule has 0 spiro atoms. The Balaban J connectivity index is 2.01. The summed E-state index contributed by atoms with van der Waals surface area (Å²) in [5.41, 5.74) is 0. The number of hydrogen-bond acceptors (Lipinski definition) is 2. The van der Waals surface area contributed by atoms with Crippen LogP contribution in [0.3, 0.4) is 0 Å². The molecule has 0 N–H and O–H groups in total. The van der Waals surface area contributed by atoms with Crippen LogP contribution >= 0.6 is 0 Å². The fourth-order valence-corrected chi connectivity index (χ4v) is 0.625. The van der Waals surface area contributed by atoms with Crippen molar-refractivity contribution in [3.63, 3.8) is 0 Å². The Kier molecular flexibility index (Phi) is 1.86. The van der Waals surface area contributed by atoms with E-state index in [1.165, 1.54) is 0 Å². The maximum Gasteiger partial charge on any atom is 0.160 e. The van der Waals surface area contributed by atoms with Crippen LogP contribution in [0.25, 0.3) is 0 Å². The fourth-order valence-electron chi connectivity index (χ4n) is 0.625. The van der Waals surface area contributed by atoms with Crippen molar-refractivity contribution >= 4 is 0 Å². The zero-order valence-corrected chi connectivity index (χ0v) is 5.39. The lowest BCUT2D eigenvalue weighted by atomic mass is 10.3. The molecular formula is C6H12O2. The molecule has 1 saturated heterocycles. The second kappa shape index (κ2) is 2.46. The van der Waals surface area contributed by atoms with Gasteiger partial charge in [0.05, 0.1) is 12.7 Å². The molecule has 0 aliphatic carbocycles. The molecule has 0 saturated carbocycles. The van der Waals surface area contributed by atoms with Crippen LogP contribution in [0.4, 0.5) is 0 Å². The van der Waals surface area contributed by atoms with Crippen LogP contribution in [-0.2, 0) is 9.47 Å². The summed E-state index contributed by atoms with van der Waals surface area (Å²) in [6, 6.07) is 0. The van der Waals surface area contributed by atoms with Crippen molar-refractivity contribution in [2.24, 2.45) is 0 Å². The van der Waals surface area contributed by atoms with Crippen LogP contribution in [-0.4, -0.2) is 19.0 Å². The molecule has 1 aliphatic rings. The summed E-state index contributed by atoms with van der Waals surface area (Å²) in [6.45, 7) is 4.90. The molecule has 48 valence electrons. The summed E-state index contributed by atoms with van der Waals surface area (Å²) < 4.78 is 10.3. The topological polar surface area (TPSA) is 18.5 Å². The van der Waals surface area contributed by atoms with Crippen molar-refractivity contribution in [1.82, 2.24) is 0 Å². The molecule has 0 aromatic carbocycles. The third-order valence-corrected chi connectivity index (χ3v) is 1.08. The zero-order valence-electron chi connectivity index (χ0n) is 5.39. The summed E-state index contributed by atoms with van der Waals surface area (Å²) in [4.78, 5) is 0. The number of rotatable bonds is 2. The van der Waals surface area contributed by atoms with E-state index in [4.69, 9.17) is 9.47 Å². The van der Waals surface area contributed by atoms with Gasteiger partial charge in [-0.2, -0.15) is 0 Å². The Morgan fingerprint density at radius 3 is 2.38 bits per heavy atom. The summed E-state index contributed by atoms with van der Waals surface area (Å²) in [7, 11) is 0. The minimum absolute atomic E-state index is 0.106. The summed E-state index contributed by atoms with van der Waals surface area (Å²) in [6.07, 6.45) is 1.48. The predicted molar refractivity (Wildman–Crippen MR) is 30.6 cm³/mol. The first-order valence-electron chi connectivity index (χ1n) is 3.06. The summed E-state index contributed by atoms with van der Waals surface area (Å²) >= 11 is 0. The zero-order chi connectivity index (χ0) is 5.98. The smallest absolute Gasteiger partial charge is 0.160 e. The first-order chi connectivity index (χ1) is 3.79. The van der Waals surface area contributed by atoms with Gasteiger partial charge in [0.15, 0.2) is 6.29 Å². The highest BCUT2D eigenvalue weighted by Gasteiger charge is 2.18. The van der Waals surface area contributed by atoms with E-state index in [2.05, 4.69) is 0 Å². The van der Waals surface area contributed by atoms with Crippen LogP contribution in [0.1, 0.15) is 20.3 Å². The van der Waals surface area contributed by atoms with Crippen LogP contribution in [0, 0.1) is 0 Å². The van der Waals surface area contributed by atoms with Crippen LogP contribution in [0.5, 0.6) is 0 Å². The predicted octanol–water partition coefficient (Wildman–Crippen LogP) is 1.16. The van der Waals surface area contributed by atoms with Gasteiger partial charge >= 0.3 is 0 Å². The van der Waals surface area contributed by atoms with Gasteiger partial charge in [-0.15, -0.1) is 0 Å². The van der Waals surface area contributed by atoms with Gasteiger partial charge in [-0.25, -0.2) is 0 Å². The van der Waals surface area contributed by atoms with E-state index in [9.17, 15) is 0 Å². The molecule has 2 nitrogen and oxygen atoms in total. The van der Waals surface area contributed by atoms with Gasteiger partial charge in [-0.1, -0.05) is 0 Å². The fraction of sp³-hybridized carbons (Fsp3) is 1.00. The van der Waals surface area contributed by atoms with Gasteiger partial charge in [0.25, 0.3) is 0 Å². The molecule has 1 rings (SSSR count). The van der Waals surface area contributed by atoms with Crippen molar-refractivity contribution in [1.29, 1.82) is 0 Å². The van der Waals surface area contributed by atoms with E-state index in [1.54, 1.807) is 0 Å². The second-order valence-electron chi connectivity index (χ2n) is 2.27. The Morgan fingerprint density at radius 2 is 2.25 bits per heavy atom. The van der Waals surface area contributed by atoms with Gasteiger partial charge in [-0.3, -0.25) is 0 Å². The average molecular weight is 116 g/mol. The molecule has 1 aliphatic heterocycles. The summed E-state index contributed by atoms with van der Waals surface area (Å²) in [5.74, 6) is 0. The van der Waals surface area contributed by atoms with Gasteiger partial charge in [0, 0.05) is 6.42 Å². The van der Waals surface area contributed by atoms with E-state index in [1.807, 2.05) is 13.8 Å². The molecule has 1 atom stereocenters. The molecule has 0 aromatic rings. The molecule has 0 bridgehead atoms. The molecule has 2 heteroatoms. The summed E-state index contributed by atoms with van der Waals surface area (Å²) in [5, 5.41) is 0. The molecule has 8 heavy (non-hydrogen) atoms. The lowest BCUT2D eigenvalue weighted by Crippen LogP contribution is -2.31. The van der Waals surface area contributed by atoms with Gasteiger partial charge in [0.2, 0.25) is 0 Å². The van der Waals surface area contributed by atoms with Gasteiger partial charge in [-0.05, 0) is 13.8 Å². The molecule has 1 unspecified atom stereocenters. The van der Waals surface area contributed by atoms with E-state index in [-0.39, 0.29) is 6.29 Å². The van der Waals surface area contributed by atoms with Gasteiger partial charge in [0.1, 0.15) is 0 Å². The largest absolute Gasteiger partial charge is 0.352 e. The molecule has 0 radical (unpaired) electrons. The maximum atomic E-state index is 5.26. The third kappa shape index (κ3) is 1.46. The highest BCUT2D eigenvalue weighted by Crippen LogP contribution is 2.13. The molecular weight excluding hydrogens is 104 g/mol. The van der Waals surface area contributed by atoms with Crippen LogP contribution in [0.2, 0.25) is 0 Å². The van der Waals surface area contributed by atoms with Crippen molar-refractivity contribution in [2.45, 2.75) is 32.7 Å². The van der Waals surface area contributed by atoms with E-state index in [0.29, 0.717) is 6.10 Å². The second-order valence-corrected chi connectivity index (χ2v) is 2.27. The minimum Gasteiger partial charge on any atom is -0.352 e. The minimum atomic E-state index is 0.106. The van der Waals surface area contributed by atoms with E-state index in [0.717, 1.165) is 13.0 Å². The first-order valence-corrected chi connectivity index (χ1v) is 3.06. The van der Waals surface area contributed by atoms with Gasteiger partial charge < -0.3 is 9.47 Å². The van der Waals surface area contributed by atoms with Crippen molar-refractivity contribution in [2.75, 3.05) is 6.61 Å². The normalized spacial score (nSPS) is 28.1. The first kappa shape index (κ1) is 6.05. The van der Waals surface area contributed by atoms with Crippen LogP contribution in [0.15, 0.2) is 0 Å². The molecule has 0 aromatic heterocycles.